The Kier molecular flexibility index (Phi) is 5.97. The lowest BCUT2D eigenvalue weighted by atomic mass is 10.0. The molecule has 5 heteroatoms. The summed E-state index contributed by atoms with van der Waals surface area (Å²) in [6.07, 6.45) is 8.66. The monoisotopic (exact) mass is 344 g/mol. The first-order valence-electron chi connectivity index (χ1n) is 9.13. The molecule has 1 aromatic rings. The van der Waals surface area contributed by atoms with Crippen molar-refractivity contribution in [3.05, 3.63) is 36.0 Å². The average molecular weight is 344 g/mol. The zero-order valence-electron chi connectivity index (χ0n) is 15.2. The predicted molar refractivity (Wildman–Crippen MR) is 98.4 cm³/mol. The van der Waals surface area contributed by atoms with Crippen molar-refractivity contribution >= 4 is 5.78 Å². The second kappa shape index (κ2) is 8.39. The first kappa shape index (κ1) is 17.8. The molecule has 2 heterocycles. The number of benzene rings is 1. The Hall–Kier alpha value is -2.01. The maximum atomic E-state index is 12.5. The number of hydrogen-bond acceptors (Lipinski definition) is 5. The molecule has 2 aliphatic heterocycles. The van der Waals surface area contributed by atoms with E-state index in [9.17, 15) is 4.79 Å². The highest BCUT2D eigenvalue weighted by Crippen LogP contribution is 2.24. The Morgan fingerprint density at radius 3 is 2.16 bits per heavy atom. The molecule has 2 aliphatic rings. The van der Waals surface area contributed by atoms with Crippen LogP contribution in [-0.2, 0) is 0 Å². The summed E-state index contributed by atoms with van der Waals surface area (Å²) in [7, 11) is 3.17. The number of piperidine rings is 1. The molecule has 0 bridgehead atoms. The molecule has 3 rings (SSSR count). The number of ketones is 1. The summed E-state index contributed by atoms with van der Waals surface area (Å²) in [4.78, 5) is 17.3. The molecule has 0 radical (unpaired) electrons. The van der Waals surface area contributed by atoms with Gasteiger partial charge in [-0.3, -0.25) is 4.79 Å². The van der Waals surface area contributed by atoms with E-state index in [4.69, 9.17) is 9.47 Å². The van der Waals surface area contributed by atoms with Gasteiger partial charge in [0.05, 0.1) is 14.2 Å². The first-order chi connectivity index (χ1) is 12.2. The van der Waals surface area contributed by atoms with Gasteiger partial charge in [-0.05, 0) is 50.9 Å². The van der Waals surface area contributed by atoms with Gasteiger partial charge in [0.25, 0.3) is 0 Å². The summed E-state index contributed by atoms with van der Waals surface area (Å²) in [5.41, 5.74) is 0.583. The van der Waals surface area contributed by atoms with Crippen molar-refractivity contribution in [1.82, 2.24) is 9.80 Å². The maximum Gasteiger partial charge on any atom is 0.187 e. The summed E-state index contributed by atoms with van der Waals surface area (Å²) in [6.45, 7) is 4.56. The van der Waals surface area contributed by atoms with Crippen LogP contribution in [0.2, 0.25) is 0 Å². The molecular formula is C20H28N2O3. The highest BCUT2D eigenvalue weighted by atomic mass is 16.5. The molecule has 136 valence electrons. The standard InChI is InChI=1S/C20H28N2O3/c1-24-18-13-16(14-19(15-18)25-2)20(23)7-12-21-10-5-17(6-11-21)22-8-3-4-9-22/h7,12-15,17H,3-6,8-11H2,1-2H3. The van der Waals surface area contributed by atoms with Crippen molar-refractivity contribution in [2.24, 2.45) is 0 Å². The minimum Gasteiger partial charge on any atom is -0.497 e. The van der Waals surface area contributed by atoms with Crippen molar-refractivity contribution < 1.29 is 14.3 Å². The molecule has 25 heavy (non-hydrogen) atoms. The molecule has 5 nitrogen and oxygen atoms in total. The lowest BCUT2D eigenvalue weighted by Crippen LogP contribution is -2.42. The number of carbonyl (C=O) groups is 1. The Balaban J connectivity index is 1.56. The fourth-order valence-electron chi connectivity index (χ4n) is 3.73. The molecule has 0 amide bonds. The molecule has 0 saturated carbocycles. The van der Waals surface area contributed by atoms with Crippen LogP contribution in [-0.4, -0.2) is 62.0 Å². The molecule has 0 aromatic heterocycles. The Bertz CT molecular complexity index is 593. The molecule has 1 aromatic carbocycles. The maximum absolute atomic E-state index is 12.5. The topological polar surface area (TPSA) is 42.0 Å². The zero-order chi connectivity index (χ0) is 17.6. The van der Waals surface area contributed by atoms with E-state index in [1.54, 1.807) is 38.5 Å². The van der Waals surface area contributed by atoms with Crippen LogP contribution in [0.15, 0.2) is 30.5 Å². The van der Waals surface area contributed by atoms with Crippen LogP contribution in [0.5, 0.6) is 11.5 Å². The highest BCUT2D eigenvalue weighted by molar-refractivity contribution is 6.05. The van der Waals surface area contributed by atoms with E-state index >= 15 is 0 Å². The van der Waals surface area contributed by atoms with E-state index in [1.165, 1.54) is 38.8 Å². The number of allylic oxidation sites excluding steroid dienone is 1. The van der Waals surface area contributed by atoms with E-state index in [0.717, 1.165) is 19.1 Å². The molecule has 0 atom stereocenters. The van der Waals surface area contributed by atoms with E-state index < -0.39 is 0 Å². The second-order valence-electron chi connectivity index (χ2n) is 6.79. The van der Waals surface area contributed by atoms with Gasteiger partial charge in [-0.15, -0.1) is 0 Å². The van der Waals surface area contributed by atoms with Crippen molar-refractivity contribution in [2.45, 2.75) is 31.7 Å². The summed E-state index contributed by atoms with van der Waals surface area (Å²) < 4.78 is 10.5. The third-order valence-electron chi connectivity index (χ3n) is 5.23. The van der Waals surface area contributed by atoms with Crippen LogP contribution in [0.4, 0.5) is 0 Å². The van der Waals surface area contributed by atoms with Gasteiger partial charge in [0.15, 0.2) is 5.78 Å². The normalized spacial score (nSPS) is 19.5. The fourth-order valence-corrected chi connectivity index (χ4v) is 3.73. The molecule has 2 saturated heterocycles. The quantitative estimate of drug-likeness (QED) is 0.586. The third kappa shape index (κ3) is 4.54. The van der Waals surface area contributed by atoms with E-state index in [1.807, 2.05) is 6.20 Å². The van der Waals surface area contributed by atoms with Crippen molar-refractivity contribution in [2.75, 3.05) is 40.4 Å². The third-order valence-corrected chi connectivity index (χ3v) is 5.23. The molecule has 0 spiro atoms. The van der Waals surface area contributed by atoms with Crippen molar-refractivity contribution in [3.63, 3.8) is 0 Å². The van der Waals surface area contributed by atoms with Crippen LogP contribution < -0.4 is 9.47 Å². The predicted octanol–water partition coefficient (Wildman–Crippen LogP) is 2.96. The van der Waals surface area contributed by atoms with E-state index in [0.29, 0.717) is 17.1 Å². The van der Waals surface area contributed by atoms with Crippen LogP contribution in [0.3, 0.4) is 0 Å². The minimum atomic E-state index is -0.0288. The van der Waals surface area contributed by atoms with Gasteiger partial charge in [-0.25, -0.2) is 0 Å². The van der Waals surface area contributed by atoms with Gasteiger partial charge in [-0.2, -0.15) is 0 Å². The van der Waals surface area contributed by atoms with Gasteiger partial charge in [0.1, 0.15) is 11.5 Å². The Labute approximate surface area is 150 Å². The summed E-state index contributed by atoms with van der Waals surface area (Å²) in [5.74, 6) is 1.23. The van der Waals surface area contributed by atoms with Crippen LogP contribution >= 0.6 is 0 Å². The fraction of sp³-hybridized carbons (Fsp3) is 0.550. The lowest BCUT2D eigenvalue weighted by molar-refractivity contribution is 0.104. The van der Waals surface area contributed by atoms with E-state index in [-0.39, 0.29) is 5.78 Å². The van der Waals surface area contributed by atoms with E-state index in [2.05, 4.69) is 9.80 Å². The van der Waals surface area contributed by atoms with Gasteiger partial charge in [0, 0.05) is 43.0 Å². The van der Waals surface area contributed by atoms with Gasteiger partial charge >= 0.3 is 0 Å². The summed E-state index contributed by atoms with van der Waals surface area (Å²) >= 11 is 0. The molecule has 2 fully saturated rings. The number of nitrogens with zero attached hydrogens (tertiary/aromatic N) is 2. The van der Waals surface area contributed by atoms with Crippen LogP contribution in [0, 0.1) is 0 Å². The first-order valence-corrected chi connectivity index (χ1v) is 9.13. The molecule has 0 N–H and O–H groups in total. The SMILES string of the molecule is COc1cc(OC)cc(C(=O)C=CN2CCC(N3CCCC3)CC2)c1. The van der Waals surface area contributed by atoms with Crippen molar-refractivity contribution in [3.8, 4) is 11.5 Å². The Morgan fingerprint density at radius 1 is 1.00 bits per heavy atom. The largest absolute Gasteiger partial charge is 0.497 e. The minimum absolute atomic E-state index is 0.0288. The second-order valence-corrected chi connectivity index (χ2v) is 6.79. The number of likely N-dealkylation sites (tertiary alicyclic amines) is 2. The number of carbonyl (C=O) groups excluding carboxylic acids is 1. The van der Waals surface area contributed by atoms with Gasteiger partial charge in [0.2, 0.25) is 0 Å². The zero-order valence-corrected chi connectivity index (χ0v) is 15.2. The van der Waals surface area contributed by atoms with Gasteiger partial charge < -0.3 is 19.3 Å². The van der Waals surface area contributed by atoms with Gasteiger partial charge in [-0.1, -0.05) is 0 Å². The number of methoxy groups -OCH3 is 2. The summed E-state index contributed by atoms with van der Waals surface area (Å²) in [6, 6.07) is 5.98. The molecular weight excluding hydrogens is 316 g/mol. The number of ether oxygens (including phenoxy) is 2. The summed E-state index contributed by atoms with van der Waals surface area (Å²) in [5, 5.41) is 0. The highest BCUT2D eigenvalue weighted by Gasteiger charge is 2.25. The lowest BCUT2D eigenvalue weighted by Gasteiger charge is -2.36. The van der Waals surface area contributed by atoms with Crippen molar-refractivity contribution in [1.29, 1.82) is 0 Å². The van der Waals surface area contributed by atoms with Crippen LogP contribution in [0.25, 0.3) is 0 Å². The molecule has 0 aliphatic carbocycles. The average Bonchev–Trinajstić information content (AvgIpc) is 3.20. The smallest absolute Gasteiger partial charge is 0.187 e. The number of rotatable bonds is 6. The molecule has 0 unspecified atom stereocenters. The Morgan fingerprint density at radius 2 is 1.60 bits per heavy atom. The van der Waals surface area contributed by atoms with Crippen LogP contribution in [0.1, 0.15) is 36.0 Å². The number of hydrogen-bond donors (Lipinski definition) is 0.